The summed E-state index contributed by atoms with van der Waals surface area (Å²) >= 11 is 0. The van der Waals surface area contributed by atoms with Gasteiger partial charge < -0.3 is 9.84 Å². The normalized spacial score (nSPS) is 31.1. The average molecular weight is 256 g/mol. The zero-order chi connectivity index (χ0) is 13.1. The van der Waals surface area contributed by atoms with E-state index in [0.29, 0.717) is 12.5 Å². The molecule has 0 saturated carbocycles. The zero-order valence-corrected chi connectivity index (χ0v) is 11.3. The van der Waals surface area contributed by atoms with Crippen molar-refractivity contribution in [2.75, 3.05) is 32.7 Å². The summed E-state index contributed by atoms with van der Waals surface area (Å²) in [6.07, 6.45) is 1.07. The van der Waals surface area contributed by atoms with E-state index in [-0.39, 0.29) is 6.10 Å². The molecule has 2 aliphatic heterocycles. The number of piperazine rings is 1. The summed E-state index contributed by atoms with van der Waals surface area (Å²) in [5.41, 5.74) is 0. The first-order valence-corrected chi connectivity index (χ1v) is 6.91. The summed E-state index contributed by atoms with van der Waals surface area (Å²) in [4.78, 5) is 15.7. The summed E-state index contributed by atoms with van der Waals surface area (Å²) in [5, 5.41) is 8.89. The van der Waals surface area contributed by atoms with Gasteiger partial charge >= 0.3 is 5.97 Å². The Bertz CT molecular complexity index is 288. The average Bonchev–Trinajstić information content (AvgIpc) is 2.78. The minimum atomic E-state index is -0.817. The molecule has 0 aromatic rings. The van der Waals surface area contributed by atoms with Crippen molar-refractivity contribution < 1.29 is 14.6 Å². The van der Waals surface area contributed by atoms with Gasteiger partial charge in [0, 0.05) is 38.8 Å². The van der Waals surface area contributed by atoms with E-state index in [1.165, 1.54) is 0 Å². The first-order chi connectivity index (χ1) is 8.56. The van der Waals surface area contributed by atoms with Crippen LogP contribution in [-0.2, 0) is 9.53 Å². The molecule has 2 atom stereocenters. The van der Waals surface area contributed by atoms with Crippen LogP contribution in [0.3, 0.4) is 0 Å². The lowest BCUT2D eigenvalue weighted by Gasteiger charge is -2.37. The molecular formula is C13H24N2O3. The van der Waals surface area contributed by atoms with Crippen LogP contribution in [-0.4, -0.2) is 71.8 Å². The highest BCUT2D eigenvalue weighted by Crippen LogP contribution is 2.21. The number of rotatable bonds is 4. The van der Waals surface area contributed by atoms with Gasteiger partial charge in [0.05, 0.1) is 6.10 Å². The monoisotopic (exact) mass is 256 g/mol. The van der Waals surface area contributed by atoms with Crippen molar-refractivity contribution in [3.8, 4) is 0 Å². The van der Waals surface area contributed by atoms with E-state index in [1.54, 1.807) is 0 Å². The molecule has 0 aromatic carbocycles. The predicted molar refractivity (Wildman–Crippen MR) is 68.7 cm³/mol. The number of aliphatic carboxylic acids is 1. The number of ether oxygens (including phenoxy) is 1. The Morgan fingerprint density at radius 1 is 1.28 bits per heavy atom. The van der Waals surface area contributed by atoms with E-state index < -0.39 is 12.1 Å². The molecule has 0 unspecified atom stereocenters. The topological polar surface area (TPSA) is 53.0 Å². The molecule has 2 saturated heterocycles. The molecule has 2 heterocycles. The third kappa shape index (κ3) is 3.43. The molecular weight excluding hydrogens is 232 g/mol. The lowest BCUT2D eigenvalue weighted by Crippen LogP contribution is -2.50. The van der Waals surface area contributed by atoms with Gasteiger partial charge in [-0.1, -0.05) is 0 Å². The summed E-state index contributed by atoms with van der Waals surface area (Å²) in [6, 6.07) is 0.617. The Kier molecular flexibility index (Phi) is 4.59. The van der Waals surface area contributed by atoms with E-state index in [9.17, 15) is 4.79 Å². The summed E-state index contributed by atoms with van der Waals surface area (Å²) in [7, 11) is 0. The van der Waals surface area contributed by atoms with Crippen LogP contribution in [0.2, 0.25) is 0 Å². The first kappa shape index (κ1) is 13.8. The maximum Gasteiger partial charge on any atom is 0.332 e. The van der Waals surface area contributed by atoms with Gasteiger partial charge in [0.2, 0.25) is 0 Å². The Morgan fingerprint density at radius 2 is 1.94 bits per heavy atom. The van der Waals surface area contributed by atoms with Crippen LogP contribution >= 0.6 is 0 Å². The molecule has 104 valence electrons. The molecule has 0 radical (unpaired) electrons. The fourth-order valence-corrected chi connectivity index (χ4v) is 2.77. The number of nitrogens with zero attached hydrogens (tertiary/aromatic N) is 2. The van der Waals surface area contributed by atoms with E-state index in [2.05, 4.69) is 23.6 Å². The third-order valence-corrected chi connectivity index (χ3v) is 3.98. The van der Waals surface area contributed by atoms with E-state index >= 15 is 0 Å². The molecule has 0 amide bonds. The molecule has 5 nitrogen and oxygen atoms in total. The molecule has 2 fully saturated rings. The largest absolute Gasteiger partial charge is 0.479 e. The van der Waals surface area contributed by atoms with Gasteiger partial charge in [0.25, 0.3) is 0 Å². The minimum Gasteiger partial charge on any atom is -0.479 e. The molecule has 2 aliphatic rings. The number of hydrogen-bond donors (Lipinski definition) is 1. The lowest BCUT2D eigenvalue weighted by molar-refractivity contribution is -0.149. The molecule has 1 N–H and O–H groups in total. The quantitative estimate of drug-likeness (QED) is 0.800. The maximum atomic E-state index is 10.8. The Balaban J connectivity index is 1.71. The fourth-order valence-electron chi connectivity index (χ4n) is 2.77. The second-order valence-electron chi connectivity index (χ2n) is 5.59. The van der Waals surface area contributed by atoms with E-state index in [1.807, 2.05) is 0 Å². The van der Waals surface area contributed by atoms with Gasteiger partial charge in [-0.25, -0.2) is 4.79 Å². The Labute approximate surface area is 109 Å². The van der Waals surface area contributed by atoms with Crippen molar-refractivity contribution in [2.24, 2.45) is 0 Å². The number of hydrogen-bond acceptors (Lipinski definition) is 4. The van der Waals surface area contributed by atoms with Gasteiger partial charge in [0.1, 0.15) is 0 Å². The second-order valence-corrected chi connectivity index (χ2v) is 5.59. The van der Waals surface area contributed by atoms with Crippen molar-refractivity contribution >= 4 is 5.97 Å². The van der Waals surface area contributed by atoms with Crippen molar-refractivity contribution in [1.29, 1.82) is 0 Å². The third-order valence-electron chi connectivity index (χ3n) is 3.98. The molecule has 0 aliphatic carbocycles. The van der Waals surface area contributed by atoms with Gasteiger partial charge in [-0.05, 0) is 26.7 Å². The molecule has 0 spiro atoms. The standard InChI is InChI=1S/C13H24N2O3/c1-10(2)15-7-5-14(6-8-15)9-11-3-4-12(18-11)13(16)17/h10-12H,3-9H2,1-2H3,(H,16,17)/t11-,12+/m1/s1. The Morgan fingerprint density at radius 3 is 2.44 bits per heavy atom. The number of carbonyl (C=O) groups is 1. The smallest absolute Gasteiger partial charge is 0.332 e. The van der Waals surface area contributed by atoms with Crippen molar-refractivity contribution in [3.63, 3.8) is 0 Å². The SMILES string of the molecule is CC(C)N1CCN(C[C@H]2CC[C@@H](C(=O)O)O2)CC1. The van der Waals surface area contributed by atoms with E-state index in [0.717, 1.165) is 39.1 Å². The molecule has 5 heteroatoms. The van der Waals surface area contributed by atoms with Crippen LogP contribution < -0.4 is 0 Å². The molecule has 0 bridgehead atoms. The van der Waals surface area contributed by atoms with Crippen molar-refractivity contribution in [1.82, 2.24) is 9.80 Å². The van der Waals surface area contributed by atoms with E-state index in [4.69, 9.17) is 9.84 Å². The first-order valence-electron chi connectivity index (χ1n) is 6.91. The van der Waals surface area contributed by atoms with Crippen LogP contribution in [0.1, 0.15) is 26.7 Å². The van der Waals surface area contributed by atoms with Crippen LogP contribution in [0.5, 0.6) is 0 Å². The Hall–Kier alpha value is -0.650. The highest BCUT2D eigenvalue weighted by molar-refractivity contribution is 5.72. The van der Waals surface area contributed by atoms with Crippen LogP contribution in [0.4, 0.5) is 0 Å². The summed E-state index contributed by atoms with van der Waals surface area (Å²) in [6.45, 7) is 9.68. The predicted octanol–water partition coefficient (Wildman–Crippen LogP) is 0.645. The van der Waals surface area contributed by atoms with Gasteiger partial charge in [-0.2, -0.15) is 0 Å². The van der Waals surface area contributed by atoms with Crippen molar-refractivity contribution in [2.45, 2.75) is 44.9 Å². The summed E-state index contributed by atoms with van der Waals surface area (Å²) in [5.74, 6) is -0.817. The number of carboxylic acids is 1. The molecule has 18 heavy (non-hydrogen) atoms. The zero-order valence-electron chi connectivity index (χ0n) is 11.3. The highest BCUT2D eigenvalue weighted by atomic mass is 16.5. The van der Waals surface area contributed by atoms with Gasteiger partial charge in [-0.3, -0.25) is 9.80 Å². The van der Waals surface area contributed by atoms with Crippen molar-refractivity contribution in [3.05, 3.63) is 0 Å². The maximum absolute atomic E-state index is 10.8. The fraction of sp³-hybridized carbons (Fsp3) is 0.923. The van der Waals surface area contributed by atoms with Crippen LogP contribution in [0.15, 0.2) is 0 Å². The highest BCUT2D eigenvalue weighted by Gasteiger charge is 2.32. The molecule has 2 rings (SSSR count). The minimum absolute atomic E-state index is 0.108. The van der Waals surface area contributed by atoms with Crippen LogP contribution in [0, 0.1) is 0 Å². The summed E-state index contributed by atoms with van der Waals surface area (Å²) < 4.78 is 5.55. The van der Waals surface area contributed by atoms with Crippen LogP contribution in [0.25, 0.3) is 0 Å². The number of carboxylic acid groups (broad SMARTS) is 1. The lowest BCUT2D eigenvalue weighted by atomic mass is 10.1. The second kappa shape index (κ2) is 5.99. The molecule has 0 aromatic heterocycles. The van der Waals surface area contributed by atoms with Gasteiger partial charge in [-0.15, -0.1) is 0 Å². The van der Waals surface area contributed by atoms with Gasteiger partial charge in [0.15, 0.2) is 6.10 Å².